The maximum Gasteiger partial charge on any atom is 0.260 e. The van der Waals surface area contributed by atoms with Gasteiger partial charge in [0.25, 0.3) is 11.8 Å². The van der Waals surface area contributed by atoms with Crippen LogP contribution in [-0.4, -0.2) is 57.9 Å². The standard InChI is InChI=1S/C28H31N3O4/c32-24(29-17-15-28(35)14-6-5-8-19(28)18-29)13-7-16-30-25-20-9-1-2-10-21(20)27(34)31(25)23-12-4-3-11-22(23)26(30)33/h1-4,9-12,19,25,35H,5-8,13-18H2/t19-,25-,28+/m1/s1. The molecular formula is C28H31N3O4. The zero-order valence-corrected chi connectivity index (χ0v) is 19.9. The highest BCUT2D eigenvalue weighted by molar-refractivity contribution is 6.16. The van der Waals surface area contributed by atoms with Gasteiger partial charge >= 0.3 is 0 Å². The lowest BCUT2D eigenvalue weighted by Crippen LogP contribution is -2.54. The first-order chi connectivity index (χ1) is 17.0. The number of amides is 3. The number of rotatable bonds is 4. The Morgan fingerprint density at radius 1 is 0.971 bits per heavy atom. The van der Waals surface area contributed by atoms with Gasteiger partial charge < -0.3 is 14.9 Å². The zero-order chi connectivity index (χ0) is 24.2. The minimum Gasteiger partial charge on any atom is -0.389 e. The molecule has 0 radical (unpaired) electrons. The van der Waals surface area contributed by atoms with Crippen LogP contribution in [0.4, 0.5) is 5.69 Å². The van der Waals surface area contributed by atoms with Gasteiger partial charge in [0.05, 0.1) is 16.9 Å². The third-order valence-corrected chi connectivity index (χ3v) is 8.45. The molecule has 0 aromatic heterocycles. The van der Waals surface area contributed by atoms with Crippen molar-refractivity contribution in [2.75, 3.05) is 24.5 Å². The van der Waals surface area contributed by atoms with E-state index in [4.69, 9.17) is 0 Å². The molecule has 35 heavy (non-hydrogen) atoms. The Morgan fingerprint density at radius 2 is 1.74 bits per heavy atom. The number of benzene rings is 2. The molecule has 1 saturated heterocycles. The summed E-state index contributed by atoms with van der Waals surface area (Å²) in [6.07, 6.45) is 5.05. The second kappa shape index (κ2) is 8.48. The first kappa shape index (κ1) is 22.3. The summed E-state index contributed by atoms with van der Waals surface area (Å²) in [5, 5.41) is 10.9. The lowest BCUT2D eigenvalue weighted by Gasteiger charge is -2.47. The van der Waals surface area contributed by atoms with E-state index in [0.717, 1.165) is 31.2 Å². The molecule has 3 amide bonds. The van der Waals surface area contributed by atoms with Crippen molar-refractivity contribution in [3.63, 3.8) is 0 Å². The Labute approximate surface area is 205 Å². The van der Waals surface area contributed by atoms with Crippen molar-refractivity contribution in [2.45, 2.75) is 56.7 Å². The molecule has 2 aromatic carbocycles. The number of hydrogen-bond donors (Lipinski definition) is 1. The fraction of sp³-hybridized carbons (Fsp3) is 0.464. The van der Waals surface area contributed by atoms with E-state index in [1.165, 1.54) is 0 Å². The molecular weight excluding hydrogens is 442 g/mol. The number of para-hydroxylation sites is 1. The summed E-state index contributed by atoms with van der Waals surface area (Å²) < 4.78 is 0. The van der Waals surface area contributed by atoms with Gasteiger partial charge in [-0.05, 0) is 43.9 Å². The first-order valence-electron chi connectivity index (χ1n) is 12.8. The SMILES string of the molecule is O=C(CCCN1C(=O)c2ccccc2N2C(=O)c3ccccc3[C@H]12)N1CC[C@@]2(O)CCCC[C@@H]2C1. The van der Waals surface area contributed by atoms with Gasteiger partial charge in [-0.25, -0.2) is 0 Å². The van der Waals surface area contributed by atoms with Crippen LogP contribution in [0.5, 0.6) is 0 Å². The zero-order valence-electron chi connectivity index (χ0n) is 19.9. The van der Waals surface area contributed by atoms with E-state index in [0.29, 0.717) is 55.7 Å². The second-order valence-electron chi connectivity index (χ2n) is 10.4. The fourth-order valence-electron chi connectivity index (χ4n) is 6.56. The van der Waals surface area contributed by atoms with Crippen molar-refractivity contribution in [1.82, 2.24) is 9.80 Å². The third kappa shape index (κ3) is 3.56. The van der Waals surface area contributed by atoms with Crippen LogP contribution < -0.4 is 4.90 Å². The van der Waals surface area contributed by atoms with Crippen LogP contribution in [0.1, 0.15) is 77.4 Å². The van der Waals surface area contributed by atoms with E-state index in [1.807, 2.05) is 47.4 Å². The lowest BCUT2D eigenvalue weighted by atomic mass is 9.71. The van der Waals surface area contributed by atoms with Crippen molar-refractivity contribution in [3.8, 4) is 0 Å². The molecule has 7 heteroatoms. The van der Waals surface area contributed by atoms with Crippen LogP contribution in [0.15, 0.2) is 48.5 Å². The Morgan fingerprint density at radius 3 is 2.60 bits per heavy atom. The summed E-state index contributed by atoms with van der Waals surface area (Å²) in [5.74, 6) is 0.0508. The molecule has 7 nitrogen and oxygen atoms in total. The van der Waals surface area contributed by atoms with Gasteiger partial charge in [0.15, 0.2) is 0 Å². The first-order valence-corrected chi connectivity index (χ1v) is 12.8. The minimum atomic E-state index is -0.603. The Balaban J connectivity index is 1.18. The van der Waals surface area contributed by atoms with Crippen LogP contribution in [-0.2, 0) is 4.79 Å². The van der Waals surface area contributed by atoms with Crippen molar-refractivity contribution >= 4 is 23.4 Å². The highest BCUT2D eigenvalue weighted by Gasteiger charge is 2.47. The second-order valence-corrected chi connectivity index (χ2v) is 10.4. The van der Waals surface area contributed by atoms with Gasteiger partial charge in [-0.2, -0.15) is 0 Å². The summed E-state index contributed by atoms with van der Waals surface area (Å²) in [7, 11) is 0. The molecule has 182 valence electrons. The predicted octanol–water partition coefficient (Wildman–Crippen LogP) is 3.74. The number of piperidine rings is 1. The summed E-state index contributed by atoms with van der Waals surface area (Å²) in [5.41, 5.74) is 2.01. The molecule has 3 aliphatic heterocycles. The molecule has 0 unspecified atom stereocenters. The molecule has 4 aliphatic rings. The molecule has 3 heterocycles. The van der Waals surface area contributed by atoms with Crippen LogP contribution in [0.2, 0.25) is 0 Å². The maximum absolute atomic E-state index is 13.5. The molecule has 0 bridgehead atoms. The number of likely N-dealkylation sites (tertiary alicyclic amines) is 1. The average Bonchev–Trinajstić information content (AvgIpc) is 3.18. The van der Waals surface area contributed by atoms with Gasteiger partial charge in [-0.1, -0.05) is 43.2 Å². The molecule has 1 aliphatic carbocycles. The summed E-state index contributed by atoms with van der Waals surface area (Å²) in [4.78, 5) is 45.2. The van der Waals surface area contributed by atoms with E-state index in [2.05, 4.69) is 0 Å². The number of nitrogens with zero attached hydrogens (tertiary/aromatic N) is 3. The molecule has 2 fully saturated rings. The number of hydrogen-bond acceptors (Lipinski definition) is 4. The van der Waals surface area contributed by atoms with E-state index >= 15 is 0 Å². The minimum absolute atomic E-state index is 0.0854. The molecule has 6 rings (SSSR count). The van der Waals surface area contributed by atoms with E-state index < -0.39 is 11.8 Å². The molecule has 3 atom stereocenters. The van der Waals surface area contributed by atoms with E-state index in [-0.39, 0.29) is 23.6 Å². The predicted molar refractivity (Wildman–Crippen MR) is 131 cm³/mol. The molecule has 2 aromatic rings. The van der Waals surface area contributed by atoms with Crippen molar-refractivity contribution < 1.29 is 19.5 Å². The molecule has 0 spiro atoms. The van der Waals surface area contributed by atoms with Crippen molar-refractivity contribution in [1.29, 1.82) is 0 Å². The fourth-order valence-corrected chi connectivity index (χ4v) is 6.56. The van der Waals surface area contributed by atoms with Crippen molar-refractivity contribution in [2.24, 2.45) is 5.92 Å². The number of carbonyl (C=O) groups is 3. The molecule has 1 saturated carbocycles. The van der Waals surface area contributed by atoms with Crippen LogP contribution >= 0.6 is 0 Å². The highest BCUT2D eigenvalue weighted by atomic mass is 16.3. The normalized spacial score (nSPS) is 27.3. The van der Waals surface area contributed by atoms with Crippen LogP contribution in [0.25, 0.3) is 0 Å². The lowest BCUT2D eigenvalue weighted by molar-refractivity contribution is -0.143. The van der Waals surface area contributed by atoms with Gasteiger partial charge in [0.2, 0.25) is 5.91 Å². The number of aliphatic hydroxyl groups is 1. The quantitative estimate of drug-likeness (QED) is 0.734. The summed E-state index contributed by atoms with van der Waals surface area (Å²) in [6, 6.07) is 14.7. The number of fused-ring (bicyclic) bond motifs is 6. The topological polar surface area (TPSA) is 81.2 Å². The Kier molecular flexibility index (Phi) is 5.40. The third-order valence-electron chi connectivity index (χ3n) is 8.45. The van der Waals surface area contributed by atoms with Gasteiger partial charge in [-0.3, -0.25) is 19.3 Å². The largest absolute Gasteiger partial charge is 0.389 e. The highest BCUT2D eigenvalue weighted by Crippen LogP contribution is 2.45. The maximum atomic E-state index is 13.5. The molecule has 1 N–H and O–H groups in total. The Bertz CT molecular complexity index is 1200. The van der Waals surface area contributed by atoms with E-state index in [9.17, 15) is 19.5 Å². The number of carbonyl (C=O) groups excluding carboxylic acids is 3. The van der Waals surface area contributed by atoms with Crippen molar-refractivity contribution in [3.05, 3.63) is 65.2 Å². The van der Waals surface area contributed by atoms with Crippen LogP contribution in [0.3, 0.4) is 0 Å². The smallest absolute Gasteiger partial charge is 0.260 e. The average molecular weight is 474 g/mol. The van der Waals surface area contributed by atoms with Crippen LogP contribution in [0, 0.1) is 5.92 Å². The summed E-state index contributed by atoms with van der Waals surface area (Å²) >= 11 is 0. The van der Waals surface area contributed by atoms with Gasteiger partial charge in [0, 0.05) is 43.1 Å². The van der Waals surface area contributed by atoms with E-state index in [1.54, 1.807) is 15.9 Å². The Hall–Kier alpha value is -3.19. The van der Waals surface area contributed by atoms with Gasteiger partial charge in [-0.15, -0.1) is 0 Å². The monoisotopic (exact) mass is 473 g/mol. The summed E-state index contributed by atoms with van der Waals surface area (Å²) in [6.45, 7) is 1.62. The van der Waals surface area contributed by atoms with Gasteiger partial charge in [0.1, 0.15) is 6.17 Å². The number of anilines is 1.